The molecule has 1 N–H and O–H groups in total. The molecular formula is C22H19ClN2O6S. The van der Waals surface area contributed by atoms with Crippen molar-refractivity contribution in [2.75, 3.05) is 18.5 Å². The Hall–Kier alpha value is -3.43. The van der Waals surface area contributed by atoms with Gasteiger partial charge in [0.25, 0.3) is 11.6 Å². The molecular weight excluding hydrogens is 456 g/mol. The Morgan fingerprint density at radius 1 is 1.12 bits per heavy atom. The van der Waals surface area contributed by atoms with Crippen molar-refractivity contribution in [2.24, 2.45) is 0 Å². The van der Waals surface area contributed by atoms with Crippen molar-refractivity contribution in [1.82, 2.24) is 0 Å². The molecule has 8 nitrogen and oxygen atoms in total. The molecule has 0 aliphatic heterocycles. The number of ether oxygens (including phenoxy) is 2. The van der Waals surface area contributed by atoms with Crippen molar-refractivity contribution < 1.29 is 24.0 Å². The third-order valence-corrected chi connectivity index (χ3v) is 5.64. The van der Waals surface area contributed by atoms with E-state index in [-0.39, 0.29) is 24.5 Å². The van der Waals surface area contributed by atoms with Gasteiger partial charge in [-0.15, -0.1) is 11.3 Å². The molecule has 2 aromatic carbocycles. The molecule has 32 heavy (non-hydrogen) atoms. The lowest BCUT2D eigenvalue weighted by Crippen LogP contribution is -2.21. The average Bonchev–Trinajstić information content (AvgIpc) is 3.09. The molecule has 0 fully saturated rings. The van der Waals surface area contributed by atoms with Crippen LogP contribution in [0.15, 0.2) is 48.5 Å². The molecule has 0 spiro atoms. The molecule has 0 atom stereocenters. The van der Waals surface area contributed by atoms with Gasteiger partial charge in [-0.2, -0.15) is 0 Å². The molecule has 0 aliphatic carbocycles. The standard InChI is InChI=1S/C22H19ClN2O6S/c1-3-30-22(27)20-19(14-4-8-16(9-5-14)25(28)29)13(2)32-21(20)24-18(26)12-31-17-10-6-15(23)7-11-17/h4-11H,3,12H2,1-2H3,(H,24,26). The first kappa shape index (κ1) is 23.2. The maximum absolute atomic E-state index is 12.7. The van der Waals surface area contributed by atoms with E-state index in [1.807, 2.05) is 0 Å². The molecule has 166 valence electrons. The van der Waals surface area contributed by atoms with Crippen molar-refractivity contribution in [3.63, 3.8) is 0 Å². The highest BCUT2D eigenvalue weighted by Gasteiger charge is 2.26. The summed E-state index contributed by atoms with van der Waals surface area (Å²) in [4.78, 5) is 36.4. The van der Waals surface area contributed by atoms with Crippen molar-refractivity contribution in [2.45, 2.75) is 13.8 Å². The minimum Gasteiger partial charge on any atom is -0.484 e. The van der Waals surface area contributed by atoms with Gasteiger partial charge in [-0.1, -0.05) is 11.6 Å². The molecule has 1 aromatic heterocycles. The number of thiophene rings is 1. The Bertz CT molecular complexity index is 1140. The van der Waals surface area contributed by atoms with Crippen LogP contribution in [0.4, 0.5) is 10.7 Å². The zero-order valence-electron chi connectivity index (χ0n) is 17.2. The largest absolute Gasteiger partial charge is 0.484 e. The highest BCUT2D eigenvalue weighted by atomic mass is 35.5. The number of halogens is 1. The van der Waals surface area contributed by atoms with Crippen LogP contribution in [0.25, 0.3) is 11.1 Å². The quantitative estimate of drug-likeness (QED) is 0.263. The number of rotatable bonds is 8. The number of nitrogens with zero attached hydrogens (tertiary/aromatic N) is 1. The van der Waals surface area contributed by atoms with E-state index in [2.05, 4.69) is 5.32 Å². The number of aryl methyl sites for hydroxylation is 1. The number of nitro groups is 1. The molecule has 0 saturated carbocycles. The Labute approximate surface area is 192 Å². The number of amides is 1. The molecule has 0 unspecified atom stereocenters. The number of carbonyl (C=O) groups is 2. The zero-order chi connectivity index (χ0) is 23.3. The van der Waals surface area contributed by atoms with Gasteiger partial charge in [0.15, 0.2) is 6.61 Å². The lowest BCUT2D eigenvalue weighted by molar-refractivity contribution is -0.384. The summed E-state index contributed by atoms with van der Waals surface area (Å²) in [5.41, 5.74) is 1.29. The second-order valence-corrected chi connectivity index (χ2v) is 8.21. The molecule has 1 heterocycles. The van der Waals surface area contributed by atoms with Gasteiger partial charge in [0.1, 0.15) is 16.3 Å². The van der Waals surface area contributed by atoms with Crippen LogP contribution in [-0.2, 0) is 9.53 Å². The molecule has 1 amide bonds. The number of non-ortho nitro benzene ring substituents is 1. The predicted molar refractivity (Wildman–Crippen MR) is 123 cm³/mol. The highest BCUT2D eigenvalue weighted by Crippen LogP contribution is 2.40. The number of hydrogen-bond acceptors (Lipinski definition) is 7. The van der Waals surface area contributed by atoms with Crippen molar-refractivity contribution >= 4 is 45.5 Å². The number of esters is 1. The maximum Gasteiger partial charge on any atom is 0.341 e. The zero-order valence-corrected chi connectivity index (χ0v) is 18.8. The topological polar surface area (TPSA) is 108 Å². The monoisotopic (exact) mass is 474 g/mol. The van der Waals surface area contributed by atoms with Crippen LogP contribution in [0.3, 0.4) is 0 Å². The SMILES string of the molecule is CCOC(=O)c1c(NC(=O)COc2ccc(Cl)cc2)sc(C)c1-c1ccc([N+](=O)[O-])cc1. The summed E-state index contributed by atoms with van der Waals surface area (Å²) in [6.07, 6.45) is 0. The van der Waals surface area contributed by atoms with E-state index in [9.17, 15) is 19.7 Å². The summed E-state index contributed by atoms with van der Waals surface area (Å²) in [7, 11) is 0. The summed E-state index contributed by atoms with van der Waals surface area (Å²) in [6, 6.07) is 12.4. The van der Waals surface area contributed by atoms with Crippen LogP contribution in [0, 0.1) is 17.0 Å². The van der Waals surface area contributed by atoms with Crippen molar-refractivity contribution in [1.29, 1.82) is 0 Å². The second-order valence-electron chi connectivity index (χ2n) is 6.55. The highest BCUT2D eigenvalue weighted by molar-refractivity contribution is 7.17. The number of hydrogen-bond donors (Lipinski definition) is 1. The normalized spacial score (nSPS) is 10.5. The number of nitrogens with one attached hydrogen (secondary N) is 1. The predicted octanol–water partition coefficient (Wildman–Crippen LogP) is 5.48. The van der Waals surface area contributed by atoms with Crippen molar-refractivity contribution in [3.05, 3.63) is 74.1 Å². The van der Waals surface area contributed by atoms with E-state index < -0.39 is 16.8 Å². The molecule has 0 bridgehead atoms. The summed E-state index contributed by atoms with van der Waals surface area (Å²) in [5, 5.41) is 14.5. The minimum atomic E-state index is -0.598. The van der Waals surface area contributed by atoms with E-state index in [0.29, 0.717) is 26.9 Å². The van der Waals surface area contributed by atoms with Crippen molar-refractivity contribution in [3.8, 4) is 16.9 Å². The molecule has 10 heteroatoms. The smallest absolute Gasteiger partial charge is 0.341 e. The van der Waals surface area contributed by atoms with Gasteiger partial charge in [-0.3, -0.25) is 14.9 Å². The average molecular weight is 475 g/mol. The van der Waals surface area contributed by atoms with Gasteiger partial charge >= 0.3 is 5.97 Å². The van der Waals surface area contributed by atoms with Crippen LogP contribution in [-0.4, -0.2) is 30.0 Å². The maximum atomic E-state index is 12.7. The lowest BCUT2D eigenvalue weighted by Gasteiger charge is -2.10. The Morgan fingerprint density at radius 3 is 2.38 bits per heavy atom. The Kier molecular flexibility index (Phi) is 7.45. The van der Waals surface area contributed by atoms with Gasteiger partial charge in [0.2, 0.25) is 0 Å². The van der Waals surface area contributed by atoms with Crippen LogP contribution in [0.1, 0.15) is 22.2 Å². The fourth-order valence-electron chi connectivity index (χ4n) is 2.97. The van der Waals surface area contributed by atoms with E-state index in [0.717, 1.165) is 4.88 Å². The number of carbonyl (C=O) groups excluding carboxylic acids is 2. The van der Waals surface area contributed by atoms with E-state index in [1.165, 1.54) is 23.5 Å². The summed E-state index contributed by atoms with van der Waals surface area (Å²) >= 11 is 7.05. The summed E-state index contributed by atoms with van der Waals surface area (Å²) < 4.78 is 10.6. The minimum absolute atomic E-state index is 0.0628. The number of anilines is 1. The molecule has 0 saturated heterocycles. The van der Waals surface area contributed by atoms with Crippen LogP contribution in [0.2, 0.25) is 5.02 Å². The van der Waals surface area contributed by atoms with E-state index in [4.69, 9.17) is 21.1 Å². The third-order valence-electron chi connectivity index (χ3n) is 4.37. The first-order chi connectivity index (χ1) is 15.3. The van der Waals surface area contributed by atoms with Gasteiger partial charge in [0.05, 0.1) is 11.5 Å². The Balaban J connectivity index is 1.87. The lowest BCUT2D eigenvalue weighted by atomic mass is 10.0. The van der Waals surface area contributed by atoms with E-state index >= 15 is 0 Å². The van der Waals surface area contributed by atoms with Crippen LogP contribution in [0.5, 0.6) is 5.75 Å². The van der Waals surface area contributed by atoms with Gasteiger partial charge < -0.3 is 14.8 Å². The van der Waals surface area contributed by atoms with Crippen LogP contribution >= 0.6 is 22.9 Å². The number of benzene rings is 2. The first-order valence-electron chi connectivity index (χ1n) is 9.53. The first-order valence-corrected chi connectivity index (χ1v) is 10.7. The van der Waals surface area contributed by atoms with Gasteiger partial charge in [0, 0.05) is 27.6 Å². The molecule has 0 radical (unpaired) electrons. The van der Waals surface area contributed by atoms with Gasteiger partial charge in [-0.05, 0) is 55.8 Å². The summed E-state index contributed by atoms with van der Waals surface area (Å²) in [5.74, 6) is -0.579. The fraction of sp³-hybridized carbons (Fsp3) is 0.182. The molecule has 0 aliphatic rings. The van der Waals surface area contributed by atoms with E-state index in [1.54, 1.807) is 50.2 Å². The summed E-state index contributed by atoms with van der Waals surface area (Å²) in [6.45, 7) is 3.36. The fourth-order valence-corrected chi connectivity index (χ4v) is 4.18. The second kappa shape index (κ2) is 10.3. The molecule has 3 rings (SSSR count). The van der Waals surface area contributed by atoms with Crippen LogP contribution < -0.4 is 10.1 Å². The number of nitro benzene ring substituents is 1. The van der Waals surface area contributed by atoms with Gasteiger partial charge in [-0.25, -0.2) is 4.79 Å². The Morgan fingerprint density at radius 2 is 1.78 bits per heavy atom. The molecule has 3 aromatic rings. The third kappa shape index (κ3) is 5.43.